The average Bonchev–Trinajstić information content (AvgIpc) is 2.41. The van der Waals surface area contributed by atoms with Gasteiger partial charge in [0.05, 0.1) is 0 Å². The second kappa shape index (κ2) is 6.59. The number of aromatic nitrogens is 2. The summed E-state index contributed by atoms with van der Waals surface area (Å²) in [5.41, 5.74) is -0.977. The van der Waals surface area contributed by atoms with E-state index in [-0.39, 0.29) is 17.8 Å². The zero-order valence-electron chi connectivity index (χ0n) is 11.5. The number of nitrogens with zero attached hydrogens (tertiary/aromatic N) is 2. The van der Waals surface area contributed by atoms with Crippen LogP contribution in [0.4, 0.5) is 24.9 Å². The number of halogens is 3. The summed E-state index contributed by atoms with van der Waals surface area (Å²) in [4.78, 5) is 7.50. The van der Waals surface area contributed by atoms with E-state index in [1.807, 2.05) is 0 Å². The Morgan fingerprint density at radius 3 is 2.57 bits per heavy atom. The summed E-state index contributed by atoms with van der Waals surface area (Å²) in [7, 11) is -0.810. The Balaban J connectivity index is 2.17. The van der Waals surface area contributed by atoms with Gasteiger partial charge in [-0.2, -0.15) is 18.2 Å². The van der Waals surface area contributed by atoms with E-state index >= 15 is 0 Å². The SMILES string of the molecule is CCNc1nc(NC2CCS(=O)CC2)cc(C(F)(F)F)n1. The second-order valence-corrected chi connectivity index (χ2v) is 6.45. The molecule has 1 fully saturated rings. The van der Waals surface area contributed by atoms with Gasteiger partial charge in [0.2, 0.25) is 5.95 Å². The minimum Gasteiger partial charge on any atom is -0.367 e. The van der Waals surface area contributed by atoms with Crippen molar-refractivity contribution in [1.82, 2.24) is 9.97 Å². The van der Waals surface area contributed by atoms with Crippen LogP contribution in [0.25, 0.3) is 0 Å². The maximum atomic E-state index is 12.8. The Morgan fingerprint density at radius 2 is 2.00 bits per heavy atom. The molecule has 0 spiro atoms. The van der Waals surface area contributed by atoms with Gasteiger partial charge in [0.25, 0.3) is 0 Å². The molecule has 2 rings (SSSR count). The summed E-state index contributed by atoms with van der Waals surface area (Å²) in [5, 5.41) is 5.68. The van der Waals surface area contributed by atoms with E-state index < -0.39 is 22.7 Å². The molecular formula is C12H17F3N4OS. The van der Waals surface area contributed by atoms with Gasteiger partial charge in [-0.05, 0) is 19.8 Å². The first-order valence-electron chi connectivity index (χ1n) is 6.70. The van der Waals surface area contributed by atoms with Gasteiger partial charge < -0.3 is 10.6 Å². The van der Waals surface area contributed by atoms with Crippen molar-refractivity contribution in [2.45, 2.75) is 32.0 Å². The van der Waals surface area contributed by atoms with Crippen molar-refractivity contribution in [2.24, 2.45) is 0 Å². The maximum absolute atomic E-state index is 12.8. The minimum atomic E-state index is -4.52. The molecule has 21 heavy (non-hydrogen) atoms. The van der Waals surface area contributed by atoms with Gasteiger partial charge in [-0.1, -0.05) is 0 Å². The lowest BCUT2D eigenvalue weighted by atomic mass is 10.1. The molecule has 0 radical (unpaired) electrons. The monoisotopic (exact) mass is 322 g/mol. The van der Waals surface area contributed by atoms with Crippen LogP contribution in [-0.4, -0.2) is 38.3 Å². The van der Waals surface area contributed by atoms with Gasteiger partial charge in [-0.3, -0.25) is 4.21 Å². The van der Waals surface area contributed by atoms with Gasteiger partial charge in [-0.25, -0.2) is 4.98 Å². The molecule has 1 aromatic rings. The fourth-order valence-corrected chi connectivity index (χ4v) is 3.35. The Kier molecular flexibility index (Phi) is 5.02. The number of anilines is 2. The van der Waals surface area contributed by atoms with E-state index in [1.165, 1.54) is 0 Å². The Morgan fingerprint density at radius 1 is 1.33 bits per heavy atom. The lowest BCUT2D eigenvalue weighted by Crippen LogP contribution is -2.30. The third kappa shape index (κ3) is 4.55. The third-order valence-electron chi connectivity index (χ3n) is 3.09. The normalized spacial score (nSPS) is 22.9. The number of hydrogen-bond acceptors (Lipinski definition) is 5. The molecule has 9 heteroatoms. The summed E-state index contributed by atoms with van der Waals surface area (Å²) in [6, 6.07) is 0.903. The number of rotatable bonds is 4. The van der Waals surface area contributed by atoms with Crippen LogP contribution in [0, 0.1) is 0 Å². The number of alkyl halides is 3. The fourth-order valence-electron chi connectivity index (χ4n) is 2.05. The Hall–Kier alpha value is -1.38. The highest BCUT2D eigenvalue weighted by molar-refractivity contribution is 7.85. The molecule has 1 aliphatic rings. The standard InChI is InChI=1S/C12H17F3N4OS/c1-2-16-11-18-9(12(13,14)15)7-10(19-11)17-8-3-5-21(20)6-4-8/h7-8H,2-6H2,1H3,(H2,16,17,18,19). The van der Waals surface area contributed by atoms with E-state index in [4.69, 9.17) is 0 Å². The summed E-state index contributed by atoms with van der Waals surface area (Å²) in [6.45, 7) is 2.19. The van der Waals surface area contributed by atoms with Gasteiger partial charge in [0.15, 0.2) is 5.69 Å². The first-order chi connectivity index (χ1) is 9.88. The maximum Gasteiger partial charge on any atom is 0.433 e. The van der Waals surface area contributed by atoms with Crippen LogP contribution in [0.2, 0.25) is 0 Å². The van der Waals surface area contributed by atoms with Gasteiger partial charge in [0, 0.05) is 41.0 Å². The van der Waals surface area contributed by atoms with Crippen molar-refractivity contribution in [2.75, 3.05) is 28.7 Å². The summed E-state index contributed by atoms with van der Waals surface area (Å²) >= 11 is 0. The topological polar surface area (TPSA) is 66.9 Å². The molecule has 0 saturated carbocycles. The molecule has 0 bridgehead atoms. The summed E-state index contributed by atoms with van der Waals surface area (Å²) < 4.78 is 49.8. The third-order valence-corrected chi connectivity index (χ3v) is 4.47. The molecule has 1 aliphatic heterocycles. The molecule has 0 unspecified atom stereocenters. The molecule has 1 saturated heterocycles. The van der Waals surface area contributed by atoms with Gasteiger partial charge in [0.1, 0.15) is 5.82 Å². The van der Waals surface area contributed by atoms with Crippen LogP contribution in [0.15, 0.2) is 6.07 Å². The Bertz CT molecular complexity index is 514. The van der Waals surface area contributed by atoms with Crippen molar-refractivity contribution in [3.8, 4) is 0 Å². The van der Waals surface area contributed by atoms with Crippen LogP contribution in [0.1, 0.15) is 25.5 Å². The second-order valence-electron chi connectivity index (χ2n) is 4.76. The smallest absolute Gasteiger partial charge is 0.367 e. The molecule has 0 aliphatic carbocycles. The number of hydrogen-bond donors (Lipinski definition) is 2. The lowest BCUT2D eigenvalue weighted by molar-refractivity contribution is -0.141. The predicted octanol–water partition coefficient (Wildman–Crippen LogP) is 2.25. The molecule has 5 nitrogen and oxygen atoms in total. The number of nitrogens with one attached hydrogen (secondary N) is 2. The highest BCUT2D eigenvalue weighted by Crippen LogP contribution is 2.30. The van der Waals surface area contributed by atoms with Crippen molar-refractivity contribution < 1.29 is 17.4 Å². The average molecular weight is 322 g/mol. The molecule has 0 amide bonds. The van der Waals surface area contributed by atoms with Crippen LogP contribution < -0.4 is 10.6 Å². The molecule has 0 atom stereocenters. The zero-order chi connectivity index (χ0) is 15.5. The van der Waals surface area contributed by atoms with Gasteiger partial charge in [-0.15, -0.1) is 0 Å². The molecule has 0 aromatic carbocycles. The summed E-state index contributed by atoms with van der Waals surface area (Å²) in [5.74, 6) is 1.23. The van der Waals surface area contributed by atoms with E-state index in [0.717, 1.165) is 6.07 Å². The first-order valence-corrected chi connectivity index (χ1v) is 8.19. The van der Waals surface area contributed by atoms with Crippen LogP contribution >= 0.6 is 0 Å². The van der Waals surface area contributed by atoms with Crippen molar-refractivity contribution in [1.29, 1.82) is 0 Å². The summed E-state index contributed by atoms with van der Waals surface area (Å²) in [6.07, 6.45) is -3.19. The minimum absolute atomic E-state index is 0.00633. The molecule has 118 valence electrons. The van der Waals surface area contributed by atoms with Crippen molar-refractivity contribution in [3.05, 3.63) is 11.8 Å². The molecule has 2 heterocycles. The largest absolute Gasteiger partial charge is 0.433 e. The zero-order valence-corrected chi connectivity index (χ0v) is 12.4. The van der Waals surface area contributed by atoms with E-state index in [0.29, 0.717) is 30.9 Å². The van der Waals surface area contributed by atoms with Crippen molar-refractivity contribution in [3.63, 3.8) is 0 Å². The van der Waals surface area contributed by atoms with Crippen molar-refractivity contribution >= 4 is 22.6 Å². The van der Waals surface area contributed by atoms with Crippen LogP contribution in [0.3, 0.4) is 0 Å². The van der Waals surface area contributed by atoms with Gasteiger partial charge >= 0.3 is 6.18 Å². The van der Waals surface area contributed by atoms with E-state index in [2.05, 4.69) is 20.6 Å². The molecule has 2 N–H and O–H groups in total. The quantitative estimate of drug-likeness (QED) is 0.890. The van der Waals surface area contributed by atoms with E-state index in [9.17, 15) is 17.4 Å². The van der Waals surface area contributed by atoms with E-state index in [1.54, 1.807) is 6.92 Å². The lowest BCUT2D eigenvalue weighted by Gasteiger charge is -2.23. The molecule has 1 aromatic heterocycles. The fraction of sp³-hybridized carbons (Fsp3) is 0.667. The molecular weight excluding hydrogens is 305 g/mol. The van der Waals surface area contributed by atoms with Crippen LogP contribution in [0.5, 0.6) is 0 Å². The highest BCUT2D eigenvalue weighted by Gasteiger charge is 2.34. The first kappa shape index (κ1) is 16.0. The predicted molar refractivity (Wildman–Crippen MR) is 75.7 cm³/mol. The van der Waals surface area contributed by atoms with Crippen LogP contribution in [-0.2, 0) is 17.0 Å². The Labute approximate surface area is 123 Å². The highest BCUT2D eigenvalue weighted by atomic mass is 32.2.